The molecule has 1 fully saturated rings. The molecule has 36 heavy (non-hydrogen) atoms. The van der Waals surface area contributed by atoms with Crippen LogP contribution < -0.4 is 11.1 Å². The number of H-pyrrole nitrogens is 1. The van der Waals surface area contributed by atoms with E-state index in [-0.39, 0.29) is 0 Å². The molecule has 0 bridgehead atoms. The number of anilines is 2. The van der Waals surface area contributed by atoms with Crippen LogP contribution in [-0.2, 0) is 12.6 Å². The Morgan fingerprint density at radius 1 is 0.972 bits per heavy atom. The van der Waals surface area contributed by atoms with Gasteiger partial charge < -0.3 is 5.32 Å². The molecule has 0 radical (unpaired) electrons. The molecule has 2 N–H and O–H groups in total. The van der Waals surface area contributed by atoms with Crippen molar-refractivity contribution in [3.05, 3.63) is 82.4 Å². The lowest BCUT2D eigenvalue weighted by Crippen LogP contribution is -2.16. The summed E-state index contributed by atoms with van der Waals surface area (Å²) in [5.74, 6) is 1.49. The molecule has 1 aliphatic carbocycles. The zero-order valence-electron chi connectivity index (χ0n) is 19.1. The van der Waals surface area contributed by atoms with Crippen molar-refractivity contribution >= 4 is 11.5 Å². The molecule has 3 aromatic heterocycles. The van der Waals surface area contributed by atoms with E-state index in [0.717, 1.165) is 49.9 Å². The summed E-state index contributed by atoms with van der Waals surface area (Å²) in [5, 5.41) is 15.0. The van der Waals surface area contributed by atoms with Gasteiger partial charge >= 0.3 is 11.9 Å². The standard InChI is InChI=1S/C25H23F3N6O2/c26-25(27,28)21-11-9-19(14-29-21)30-22-12-10-20(32-33-22)18-7-5-17(6-8-18)16-3-1-15(2-4-16)13-23-31-24(35)36-34-23/h5-12,14-16H,1-4,13H2,(H,30,33)(H,31,34,35). The summed E-state index contributed by atoms with van der Waals surface area (Å²) in [7, 11) is 0. The number of hydrogen-bond acceptors (Lipinski definition) is 7. The summed E-state index contributed by atoms with van der Waals surface area (Å²) in [6, 6.07) is 14.0. The molecule has 3 heterocycles. The number of aromatic amines is 1. The van der Waals surface area contributed by atoms with Crippen LogP contribution in [0.15, 0.2) is 64.0 Å². The third kappa shape index (κ3) is 5.61. The average molecular weight is 496 g/mol. The Balaban J connectivity index is 1.16. The summed E-state index contributed by atoms with van der Waals surface area (Å²) in [6.07, 6.45) is 1.65. The number of aromatic nitrogens is 5. The maximum Gasteiger partial charge on any atom is 0.438 e. The molecule has 1 aliphatic rings. The van der Waals surface area contributed by atoms with E-state index < -0.39 is 17.6 Å². The zero-order valence-corrected chi connectivity index (χ0v) is 19.1. The van der Waals surface area contributed by atoms with Gasteiger partial charge in [-0.05, 0) is 67.3 Å². The highest BCUT2D eigenvalue weighted by Crippen LogP contribution is 2.37. The van der Waals surface area contributed by atoms with Gasteiger partial charge in [0.15, 0.2) is 11.6 Å². The molecule has 1 saturated carbocycles. The first kappa shape index (κ1) is 23.7. The highest BCUT2D eigenvalue weighted by atomic mass is 19.4. The van der Waals surface area contributed by atoms with Gasteiger partial charge in [-0.3, -0.25) is 9.51 Å². The van der Waals surface area contributed by atoms with Crippen LogP contribution in [0.4, 0.5) is 24.7 Å². The number of halogens is 3. The number of pyridine rings is 1. The summed E-state index contributed by atoms with van der Waals surface area (Å²) in [5.41, 5.74) is 2.35. The lowest BCUT2D eigenvalue weighted by molar-refractivity contribution is -0.141. The maximum atomic E-state index is 12.7. The zero-order chi connectivity index (χ0) is 25.1. The van der Waals surface area contributed by atoms with E-state index in [9.17, 15) is 18.0 Å². The van der Waals surface area contributed by atoms with Gasteiger partial charge in [-0.2, -0.15) is 13.2 Å². The van der Waals surface area contributed by atoms with Crippen molar-refractivity contribution in [3.63, 3.8) is 0 Å². The number of hydrogen-bond donors (Lipinski definition) is 2. The van der Waals surface area contributed by atoms with Gasteiger partial charge in [0, 0.05) is 12.0 Å². The summed E-state index contributed by atoms with van der Waals surface area (Å²) < 4.78 is 42.5. The van der Waals surface area contributed by atoms with Crippen LogP contribution in [0.5, 0.6) is 0 Å². The molecule has 186 valence electrons. The average Bonchev–Trinajstić information content (AvgIpc) is 3.29. The fourth-order valence-corrected chi connectivity index (χ4v) is 4.58. The second-order valence-corrected chi connectivity index (χ2v) is 8.94. The van der Waals surface area contributed by atoms with E-state index in [4.69, 9.17) is 0 Å². The van der Waals surface area contributed by atoms with E-state index in [1.54, 1.807) is 12.1 Å². The number of alkyl halides is 3. The second-order valence-electron chi connectivity index (χ2n) is 8.94. The molecule has 5 rings (SSSR count). The second kappa shape index (κ2) is 9.92. The van der Waals surface area contributed by atoms with Gasteiger partial charge in [0.2, 0.25) is 0 Å². The van der Waals surface area contributed by atoms with Crippen LogP contribution in [-0.4, -0.2) is 25.3 Å². The van der Waals surface area contributed by atoms with E-state index in [2.05, 4.69) is 47.3 Å². The largest absolute Gasteiger partial charge is 0.438 e. The van der Waals surface area contributed by atoms with Crippen LogP contribution >= 0.6 is 0 Å². The number of benzene rings is 1. The molecule has 4 aromatic rings. The molecule has 11 heteroatoms. The normalized spacial score (nSPS) is 18.2. The van der Waals surface area contributed by atoms with Gasteiger partial charge in [0.25, 0.3) is 0 Å². The fourth-order valence-electron chi connectivity index (χ4n) is 4.58. The molecule has 0 aliphatic heterocycles. The van der Waals surface area contributed by atoms with Crippen molar-refractivity contribution in [1.82, 2.24) is 25.3 Å². The van der Waals surface area contributed by atoms with E-state index in [1.165, 1.54) is 11.6 Å². The minimum Gasteiger partial charge on any atom is -0.337 e. The molecule has 0 saturated heterocycles. The van der Waals surface area contributed by atoms with Crippen molar-refractivity contribution in [3.8, 4) is 11.3 Å². The Morgan fingerprint density at radius 2 is 1.75 bits per heavy atom. The van der Waals surface area contributed by atoms with Crippen LogP contribution in [0.25, 0.3) is 11.3 Å². The Hall–Kier alpha value is -4.02. The smallest absolute Gasteiger partial charge is 0.337 e. The Kier molecular flexibility index (Phi) is 6.53. The number of rotatable bonds is 6. The van der Waals surface area contributed by atoms with Crippen LogP contribution in [0, 0.1) is 5.92 Å². The highest BCUT2D eigenvalue weighted by molar-refractivity contribution is 5.62. The van der Waals surface area contributed by atoms with E-state index in [0.29, 0.717) is 34.9 Å². The van der Waals surface area contributed by atoms with Crippen LogP contribution in [0.2, 0.25) is 0 Å². The van der Waals surface area contributed by atoms with Crippen molar-refractivity contribution in [2.75, 3.05) is 5.32 Å². The lowest BCUT2D eigenvalue weighted by atomic mass is 9.77. The predicted molar refractivity (Wildman–Crippen MR) is 126 cm³/mol. The molecule has 0 spiro atoms. The number of nitrogens with one attached hydrogen (secondary N) is 2. The minimum absolute atomic E-state index is 0.387. The molecule has 8 nitrogen and oxygen atoms in total. The Morgan fingerprint density at radius 3 is 2.33 bits per heavy atom. The SMILES string of the molecule is O=c1[nH]c(CC2CCC(c3ccc(-c4ccc(Nc5ccc(C(F)(F)F)nc5)nn4)cc3)CC2)no1. The Bertz CT molecular complexity index is 1340. The monoisotopic (exact) mass is 496 g/mol. The topological polar surface area (TPSA) is 110 Å². The molecule has 0 atom stereocenters. The van der Waals surface area contributed by atoms with Gasteiger partial charge in [0.1, 0.15) is 5.69 Å². The molecule has 1 aromatic carbocycles. The molecular formula is C25H23F3N6O2. The number of nitrogens with zero attached hydrogens (tertiary/aromatic N) is 4. The maximum absolute atomic E-state index is 12.7. The predicted octanol–water partition coefficient (Wildman–Crippen LogP) is 5.49. The van der Waals surface area contributed by atoms with E-state index >= 15 is 0 Å². The third-order valence-corrected chi connectivity index (χ3v) is 6.48. The first-order valence-corrected chi connectivity index (χ1v) is 11.6. The minimum atomic E-state index is -4.48. The highest BCUT2D eigenvalue weighted by Gasteiger charge is 2.32. The van der Waals surface area contributed by atoms with Gasteiger partial charge in [-0.25, -0.2) is 9.78 Å². The first-order chi connectivity index (χ1) is 17.3. The summed E-state index contributed by atoms with van der Waals surface area (Å²) in [6.45, 7) is 0. The van der Waals surface area contributed by atoms with Gasteiger partial charge in [0.05, 0.1) is 17.6 Å². The third-order valence-electron chi connectivity index (χ3n) is 6.48. The van der Waals surface area contributed by atoms with Crippen molar-refractivity contribution in [2.24, 2.45) is 5.92 Å². The van der Waals surface area contributed by atoms with Crippen molar-refractivity contribution in [2.45, 2.75) is 44.2 Å². The van der Waals surface area contributed by atoms with Crippen LogP contribution in [0.1, 0.15) is 48.7 Å². The van der Waals surface area contributed by atoms with Crippen molar-refractivity contribution < 1.29 is 17.7 Å². The van der Waals surface area contributed by atoms with Gasteiger partial charge in [-0.1, -0.05) is 29.4 Å². The first-order valence-electron chi connectivity index (χ1n) is 11.6. The van der Waals surface area contributed by atoms with E-state index in [1.807, 2.05) is 12.1 Å². The molecular weight excluding hydrogens is 473 g/mol. The quantitative estimate of drug-likeness (QED) is 0.363. The van der Waals surface area contributed by atoms with Crippen molar-refractivity contribution in [1.29, 1.82) is 0 Å². The molecule has 0 amide bonds. The van der Waals surface area contributed by atoms with Gasteiger partial charge in [-0.15, -0.1) is 10.2 Å². The Labute approximate surface area is 204 Å². The fraction of sp³-hybridized carbons (Fsp3) is 0.320. The molecule has 0 unspecified atom stereocenters. The summed E-state index contributed by atoms with van der Waals surface area (Å²) >= 11 is 0. The summed E-state index contributed by atoms with van der Waals surface area (Å²) in [4.78, 5) is 17.1. The van der Waals surface area contributed by atoms with Crippen LogP contribution in [0.3, 0.4) is 0 Å². The lowest BCUT2D eigenvalue weighted by Gasteiger charge is -2.28.